The van der Waals surface area contributed by atoms with Crippen LogP contribution in [0.5, 0.6) is 0 Å². The van der Waals surface area contributed by atoms with Crippen molar-refractivity contribution >= 4 is 39.9 Å². The van der Waals surface area contributed by atoms with Crippen molar-refractivity contribution < 1.29 is 14.0 Å². The van der Waals surface area contributed by atoms with Crippen molar-refractivity contribution in [3.05, 3.63) is 101 Å². The first-order valence-corrected chi connectivity index (χ1v) is 9.32. The third-order valence-electron chi connectivity index (χ3n) is 4.61. The van der Waals surface area contributed by atoms with Crippen LogP contribution >= 0.6 is 11.6 Å². The Hall–Kier alpha value is -3.44. The van der Waals surface area contributed by atoms with Crippen molar-refractivity contribution in [3.63, 3.8) is 0 Å². The summed E-state index contributed by atoms with van der Waals surface area (Å²) in [5.41, 5.74) is 2.54. The minimum absolute atomic E-state index is 0.314. The molecular weight excluding hydrogens is 391 g/mol. The summed E-state index contributed by atoms with van der Waals surface area (Å²) < 4.78 is 15.0. The lowest BCUT2D eigenvalue weighted by molar-refractivity contribution is -0.112. The number of hydrogen-bond donors (Lipinski definition) is 1. The highest BCUT2D eigenvalue weighted by molar-refractivity contribution is 6.48. The highest BCUT2D eigenvalue weighted by atomic mass is 35.5. The molecule has 3 aromatic carbocycles. The topological polar surface area (TPSA) is 51.1 Å². The number of hydrogen-bond acceptors (Lipinski definition) is 2. The smallest absolute Gasteiger partial charge is 0.296 e. The van der Waals surface area contributed by atoms with E-state index in [4.69, 9.17) is 11.6 Å². The maximum absolute atomic E-state index is 13.0. The van der Waals surface area contributed by atoms with Crippen molar-refractivity contribution in [2.45, 2.75) is 6.54 Å². The number of rotatable bonds is 5. The van der Waals surface area contributed by atoms with Crippen LogP contribution in [0.15, 0.2) is 79.0 Å². The molecule has 0 bridgehead atoms. The van der Waals surface area contributed by atoms with Crippen LogP contribution in [0, 0.1) is 5.82 Å². The van der Waals surface area contributed by atoms with Gasteiger partial charge in [-0.2, -0.15) is 0 Å². The lowest BCUT2D eigenvalue weighted by atomic mass is 10.1. The first-order valence-electron chi connectivity index (χ1n) is 8.95. The number of fused-ring (bicyclic) bond motifs is 1. The predicted molar refractivity (Wildman–Crippen MR) is 112 cm³/mol. The fraction of sp³-hybridized carbons (Fsp3) is 0.0435. The van der Waals surface area contributed by atoms with E-state index in [1.165, 1.54) is 24.3 Å². The Labute approximate surface area is 171 Å². The summed E-state index contributed by atoms with van der Waals surface area (Å²) in [6, 6.07) is 20.1. The van der Waals surface area contributed by atoms with Gasteiger partial charge in [-0.15, -0.1) is 0 Å². The Morgan fingerprint density at radius 3 is 2.34 bits per heavy atom. The normalized spacial score (nSPS) is 10.8. The van der Waals surface area contributed by atoms with Crippen molar-refractivity contribution in [2.75, 3.05) is 5.32 Å². The second-order valence-electron chi connectivity index (χ2n) is 6.60. The average molecular weight is 407 g/mol. The lowest BCUT2D eigenvalue weighted by Crippen LogP contribution is -2.22. The first kappa shape index (κ1) is 18.9. The Bertz CT molecular complexity index is 1200. The van der Waals surface area contributed by atoms with Gasteiger partial charge in [0.25, 0.3) is 11.7 Å². The SMILES string of the molecule is O=C(Nc1ccc(F)cc1)C(=O)c1cn(Cc2ccc(Cl)cc2)c2ccccc12. The minimum Gasteiger partial charge on any atom is -0.342 e. The molecule has 6 heteroatoms. The molecule has 0 spiro atoms. The van der Waals surface area contributed by atoms with Crippen LogP contribution < -0.4 is 5.32 Å². The van der Waals surface area contributed by atoms with Crippen LogP contribution in [0.2, 0.25) is 5.02 Å². The van der Waals surface area contributed by atoms with Crippen LogP contribution in [0.1, 0.15) is 15.9 Å². The van der Waals surface area contributed by atoms with Crippen LogP contribution in [-0.4, -0.2) is 16.3 Å². The molecule has 0 saturated heterocycles. The molecule has 4 rings (SSSR count). The number of amides is 1. The molecule has 1 amide bonds. The molecule has 0 aliphatic rings. The number of ketones is 1. The minimum atomic E-state index is -0.772. The highest BCUT2D eigenvalue weighted by Crippen LogP contribution is 2.24. The molecule has 144 valence electrons. The molecule has 0 saturated carbocycles. The van der Waals surface area contributed by atoms with Crippen LogP contribution in [0.3, 0.4) is 0 Å². The molecule has 1 N–H and O–H groups in total. The van der Waals surface area contributed by atoms with Crippen LogP contribution in [0.25, 0.3) is 10.9 Å². The summed E-state index contributed by atoms with van der Waals surface area (Å²) in [4.78, 5) is 25.3. The number of para-hydroxylation sites is 1. The Morgan fingerprint density at radius 1 is 0.931 bits per heavy atom. The molecule has 1 heterocycles. The molecule has 0 atom stereocenters. The highest BCUT2D eigenvalue weighted by Gasteiger charge is 2.21. The zero-order chi connectivity index (χ0) is 20.4. The molecular formula is C23H16ClFN2O2. The van der Waals surface area contributed by atoms with Crippen LogP contribution in [0.4, 0.5) is 10.1 Å². The molecule has 0 aliphatic heterocycles. The summed E-state index contributed by atoms with van der Waals surface area (Å²) >= 11 is 5.95. The van der Waals surface area contributed by atoms with E-state index in [1.54, 1.807) is 6.20 Å². The quantitative estimate of drug-likeness (QED) is 0.361. The predicted octanol–water partition coefficient (Wildman–Crippen LogP) is 5.30. The first-order chi connectivity index (χ1) is 14.0. The Kier molecular flexibility index (Phi) is 5.14. The second kappa shape index (κ2) is 7.89. The number of nitrogens with zero attached hydrogens (tertiary/aromatic N) is 1. The van der Waals surface area contributed by atoms with E-state index in [0.717, 1.165) is 11.1 Å². The Morgan fingerprint density at radius 2 is 1.62 bits per heavy atom. The van der Waals surface area contributed by atoms with Gasteiger partial charge in [-0.1, -0.05) is 41.9 Å². The lowest BCUT2D eigenvalue weighted by Gasteiger charge is -2.05. The van der Waals surface area contributed by atoms with Gasteiger partial charge in [0.2, 0.25) is 0 Å². The summed E-state index contributed by atoms with van der Waals surface area (Å²) in [6.45, 7) is 0.532. The fourth-order valence-electron chi connectivity index (χ4n) is 3.19. The molecule has 4 aromatic rings. The van der Waals surface area contributed by atoms with E-state index >= 15 is 0 Å². The summed E-state index contributed by atoms with van der Waals surface area (Å²) in [5.74, 6) is -1.84. The molecule has 4 nitrogen and oxygen atoms in total. The van der Waals surface area contributed by atoms with E-state index in [2.05, 4.69) is 5.32 Å². The van der Waals surface area contributed by atoms with Crippen molar-refractivity contribution in [2.24, 2.45) is 0 Å². The van der Waals surface area contributed by atoms with Gasteiger partial charge >= 0.3 is 0 Å². The summed E-state index contributed by atoms with van der Waals surface area (Å²) in [5, 5.41) is 3.87. The Balaban J connectivity index is 1.64. The number of anilines is 1. The number of Topliss-reactive ketones (excluding diaryl/α,β-unsaturated/α-hetero) is 1. The fourth-order valence-corrected chi connectivity index (χ4v) is 3.31. The average Bonchev–Trinajstić information content (AvgIpc) is 3.09. The van der Waals surface area contributed by atoms with Crippen molar-refractivity contribution in [1.82, 2.24) is 4.57 Å². The number of nitrogens with one attached hydrogen (secondary N) is 1. The van der Waals surface area contributed by atoms with Gasteiger partial charge in [-0.05, 0) is 48.0 Å². The van der Waals surface area contributed by atoms with Crippen LogP contribution in [-0.2, 0) is 11.3 Å². The van der Waals surface area contributed by atoms with Gasteiger partial charge in [0.1, 0.15) is 5.82 Å². The third kappa shape index (κ3) is 4.05. The maximum Gasteiger partial charge on any atom is 0.296 e. The number of aromatic nitrogens is 1. The van der Waals surface area contributed by atoms with Gasteiger partial charge in [-0.3, -0.25) is 9.59 Å². The number of carbonyl (C=O) groups is 2. The summed E-state index contributed by atoms with van der Waals surface area (Å²) in [6.07, 6.45) is 1.69. The second-order valence-corrected chi connectivity index (χ2v) is 7.04. The van der Waals surface area contributed by atoms with E-state index in [0.29, 0.717) is 28.2 Å². The van der Waals surface area contributed by atoms with Gasteiger partial charge < -0.3 is 9.88 Å². The number of carbonyl (C=O) groups excluding carboxylic acids is 2. The largest absolute Gasteiger partial charge is 0.342 e. The van der Waals surface area contributed by atoms with E-state index in [-0.39, 0.29) is 0 Å². The van der Waals surface area contributed by atoms with Crippen molar-refractivity contribution in [1.29, 1.82) is 0 Å². The molecule has 1 aromatic heterocycles. The maximum atomic E-state index is 13.0. The summed E-state index contributed by atoms with van der Waals surface area (Å²) in [7, 11) is 0. The van der Waals surface area contributed by atoms with Gasteiger partial charge in [0.15, 0.2) is 0 Å². The zero-order valence-corrected chi connectivity index (χ0v) is 16.0. The molecule has 0 unspecified atom stereocenters. The van der Waals surface area contributed by atoms with E-state index in [9.17, 15) is 14.0 Å². The molecule has 29 heavy (non-hydrogen) atoms. The third-order valence-corrected chi connectivity index (χ3v) is 4.86. The molecule has 0 radical (unpaired) electrons. The van der Waals surface area contributed by atoms with Gasteiger partial charge in [-0.25, -0.2) is 4.39 Å². The van der Waals surface area contributed by atoms with E-state index in [1.807, 2.05) is 53.1 Å². The standard InChI is InChI=1S/C23H16ClFN2O2/c24-16-7-5-15(6-8-16)13-27-14-20(19-3-1-2-4-21(19)27)22(28)23(29)26-18-11-9-17(25)10-12-18/h1-12,14H,13H2,(H,26,29). The number of benzene rings is 3. The molecule has 0 aliphatic carbocycles. The van der Waals surface area contributed by atoms with Crippen molar-refractivity contribution in [3.8, 4) is 0 Å². The number of halogens is 2. The zero-order valence-electron chi connectivity index (χ0n) is 15.2. The van der Waals surface area contributed by atoms with Gasteiger partial charge in [0, 0.05) is 34.4 Å². The van der Waals surface area contributed by atoms with Gasteiger partial charge in [0.05, 0.1) is 5.56 Å². The monoisotopic (exact) mass is 406 g/mol. The van der Waals surface area contributed by atoms with E-state index < -0.39 is 17.5 Å². The molecule has 0 fully saturated rings.